The van der Waals surface area contributed by atoms with Crippen molar-refractivity contribution in [3.63, 3.8) is 0 Å². The second kappa shape index (κ2) is 7.44. The lowest BCUT2D eigenvalue weighted by Crippen LogP contribution is -2.18. The number of nitrogens with one attached hydrogen (secondary N) is 1. The van der Waals surface area contributed by atoms with E-state index in [-0.39, 0.29) is 0 Å². The van der Waals surface area contributed by atoms with E-state index in [1.54, 1.807) is 15.3 Å². The SMILES string of the molecule is CCC(CC)CC(NC)c1cc2c(s1)CCCCC2. The molecular formula is C17H29NS. The predicted octanol–water partition coefficient (Wildman–Crippen LogP) is 5.10. The molecule has 2 heteroatoms. The van der Waals surface area contributed by atoms with Crippen molar-refractivity contribution in [2.75, 3.05) is 7.05 Å². The third-order valence-electron chi connectivity index (χ3n) is 4.68. The highest BCUT2D eigenvalue weighted by molar-refractivity contribution is 7.12. The monoisotopic (exact) mass is 279 g/mol. The zero-order valence-electron chi connectivity index (χ0n) is 12.8. The van der Waals surface area contributed by atoms with Gasteiger partial charge in [-0.3, -0.25) is 0 Å². The second-order valence-electron chi connectivity index (χ2n) is 5.92. The summed E-state index contributed by atoms with van der Waals surface area (Å²) in [4.78, 5) is 3.26. The molecule has 108 valence electrons. The summed E-state index contributed by atoms with van der Waals surface area (Å²) < 4.78 is 0. The molecule has 0 bridgehead atoms. The van der Waals surface area contributed by atoms with Crippen LogP contribution in [0.25, 0.3) is 0 Å². The summed E-state index contributed by atoms with van der Waals surface area (Å²) in [7, 11) is 2.12. The van der Waals surface area contributed by atoms with Crippen molar-refractivity contribution in [2.45, 2.75) is 71.3 Å². The van der Waals surface area contributed by atoms with Crippen molar-refractivity contribution in [2.24, 2.45) is 5.92 Å². The summed E-state index contributed by atoms with van der Waals surface area (Å²) in [5, 5.41) is 3.55. The van der Waals surface area contributed by atoms with Gasteiger partial charge in [0.25, 0.3) is 0 Å². The maximum Gasteiger partial charge on any atom is 0.0415 e. The first-order chi connectivity index (χ1) is 9.28. The van der Waals surface area contributed by atoms with E-state index in [0.717, 1.165) is 5.92 Å². The third-order valence-corrected chi connectivity index (χ3v) is 6.03. The van der Waals surface area contributed by atoms with E-state index < -0.39 is 0 Å². The van der Waals surface area contributed by atoms with Gasteiger partial charge in [0.2, 0.25) is 0 Å². The molecule has 0 fully saturated rings. The predicted molar refractivity (Wildman–Crippen MR) is 86.1 cm³/mol. The fourth-order valence-electron chi connectivity index (χ4n) is 3.19. The molecule has 0 amide bonds. The topological polar surface area (TPSA) is 12.0 Å². The van der Waals surface area contributed by atoms with Gasteiger partial charge in [-0.05, 0) is 56.7 Å². The van der Waals surface area contributed by atoms with Crippen molar-refractivity contribution >= 4 is 11.3 Å². The van der Waals surface area contributed by atoms with Gasteiger partial charge in [0, 0.05) is 15.8 Å². The molecule has 0 saturated carbocycles. The minimum Gasteiger partial charge on any atom is -0.312 e. The van der Waals surface area contributed by atoms with Crippen molar-refractivity contribution in [1.82, 2.24) is 5.32 Å². The van der Waals surface area contributed by atoms with E-state index in [2.05, 4.69) is 43.6 Å². The molecule has 1 atom stereocenters. The van der Waals surface area contributed by atoms with Crippen molar-refractivity contribution in [1.29, 1.82) is 0 Å². The van der Waals surface area contributed by atoms with Gasteiger partial charge in [0.1, 0.15) is 0 Å². The van der Waals surface area contributed by atoms with Gasteiger partial charge >= 0.3 is 0 Å². The summed E-state index contributed by atoms with van der Waals surface area (Å²) in [6.07, 6.45) is 10.7. The molecule has 0 spiro atoms. The highest BCUT2D eigenvalue weighted by Crippen LogP contribution is 2.35. The number of hydrogen-bond acceptors (Lipinski definition) is 2. The lowest BCUT2D eigenvalue weighted by molar-refractivity contribution is 0.388. The molecule has 0 radical (unpaired) electrons. The molecule has 0 saturated heterocycles. The molecule has 1 heterocycles. The molecule has 2 rings (SSSR count). The Labute approximate surface area is 122 Å². The maximum atomic E-state index is 3.55. The van der Waals surface area contributed by atoms with Gasteiger partial charge in [-0.2, -0.15) is 0 Å². The van der Waals surface area contributed by atoms with E-state index in [9.17, 15) is 0 Å². The summed E-state index contributed by atoms with van der Waals surface area (Å²) in [5.74, 6) is 0.861. The lowest BCUT2D eigenvalue weighted by Gasteiger charge is -2.20. The zero-order valence-corrected chi connectivity index (χ0v) is 13.6. The van der Waals surface area contributed by atoms with Crippen LogP contribution in [0.1, 0.15) is 73.7 Å². The molecule has 0 aromatic carbocycles. The average Bonchev–Trinajstić information content (AvgIpc) is 2.71. The Morgan fingerprint density at radius 2 is 1.89 bits per heavy atom. The van der Waals surface area contributed by atoms with Crippen LogP contribution in [-0.4, -0.2) is 7.05 Å². The first-order valence-corrected chi connectivity index (χ1v) is 8.88. The molecule has 19 heavy (non-hydrogen) atoms. The summed E-state index contributed by atoms with van der Waals surface area (Å²) >= 11 is 2.08. The molecule has 1 aliphatic carbocycles. The number of thiophene rings is 1. The quantitative estimate of drug-likeness (QED) is 0.714. The van der Waals surface area contributed by atoms with Crippen LogP contribution in [0.2, 0.25) is 0 Å². The molecule has 0 aliphatic heterocycles. The number of hydrogen-bond donors (Lipinski definition) is 1. The van der Waals surface area contributed by atoms with Crippen LogP contribution in [-0.2, 0) is 12.8 Å². The average molecular weight is 279 g/mol. The molecule has 1 aromatic heterocycles. The molecule has 1 unspecified atom stereocenters. The van der Waals surface area contributed by atoms with Crippen LogP contribution < -0.4 is 5.32 Å². The van der Waals surface area contributed by atoms with E-state index >= 15 is 0 Å². The van der Waals surface area contributed by atoms with Gasteiger partial charge in [-0.25, -0.2) is 0 Å². The second-order valence-corrected chi connectivity index (χ2v) is 7.09. The van der Waals surface area contributed by atoms with E-state index in [1.165, 1.54) is 51.4 Å². The fourth-order valence-corrected chi connectivity index (χ4v) is 4.57. The van der Waals surface area contributed by atoms with Crippen LogP contribution in [0.15, 0.2) is 6.07 Å². The smallest absolute Gasteiger partial charge is 0.0415 e. The molecule has 1 aromatic rings. The van der Waals surface area contributed by atoms with Crippen LogP contribution in [0.5, 0.6) is 0 Å². The standard InChI is InChI=1S/C17H29NS/c1-4-13(5-2)11-15(18-3)17-12-14-9-7-6-8-10-16(14)19-17/h12-13,15,18H,4-11H2,1-3H3. The summed E-state index contributed by atoms with van der Waals surface area (Å²) in [6.45, 7) is 4.65. The Kier molecular flexibility index (Phi) is 5.90. The van der Waals surface area contributed by atoms with Crippen molar-refractivity contribution in [3.8, 4) is 0 Å². The lowest BCUT2D eigenvalue weighted by atomic mass is 9.94. The zero-order chi connectivity index (χ0) is 13.7. The largest absolute Gasteiger partial charge is 0.312 e. The molecule has 1 nitrogen and oxygen atoms in total. The normalized spacial score (nSPS) is 17.3. The molecule has 1 N–H and O–H groups in total. The van der Waals surface area contributed by atoms with Crippen LogP contribution in [0.4, 0.5) is 0 Å². The Bertz CT molecular complexity index is 355. The Hall–Kier alpha value is -0.340. The molecular weight excluding hydrogens is 250 g/mol. The molecule has 1 aliphatic rings. The minimum absolute atomic E-state index is 0.571. The number of fused-ring (bicyclic) bond motifs is 1. The summed E-state index contributed by atoms with van der Waals surface area (Å²) in [6, 6.07) is 3.08. The number of aryl methyl sites for hydroxylation is 2. The Balaban J connectivity index is 2.10. The highest BCUT2D eigenvalue weighted by atomic mass is 32.1. The van der Waals surface area contributed by atoms with Crippen LogP contribution >= 0.6 is 11.3 Å². The van der Waals surface area contributed by atoms with E-state index in [4.69, 9.17) is 0 Å². The first-order valence-electron chi connectivity index (χ1n) is 8.07. The van der Waals surface area contributed by atoms with Crippen molar-refractivity contribution < 1.29 is 0 Å². The van der Waals surface area contributed by atoms with Crippen LogP contribution in [0, 0.1) is 5.92 Å². The Morgan fingerprint density at radius 3 is 2.58 bits per heavy atom. The minimum atomic E-state index is 0.571. The van der Waals surface area contributed by atoms with E-state index in [1.807, 2.05) is 0 Å². The van der Waals surface area contributed by atoms with Gasteiger partial charge in [0.05, 0.1) is 0 Å². The number of rotatable bonds is 6. The van der Waals surface area contributed by atoms with Gasteiger partial charge < -0.3 is 5.32 Å². The van der Waals surface area contributed by atoms with Crippen molar-refractivity contribution in [3.05, 3.63) is 21.4 Å². The van der Waals surface area contributed by atoms with Gasteiger partial charge in [-0.15, -0.1) is 11.3 Å². The maximum absolute atomic E-state index is 3.55. The van der Waals surface area contributed by atoms with Gasteiger partial charge in [-0.1, -0.05) is 33.1 Å². The first kappa shape index (κ1) is 15.1. The Morgan fingerprint density at radius 1 is 1.16 bits per heavy atom. The fraction of sp³-hybridized carbons (Fsp3) is 0.765. The third kappa shape index (κ3) is 3.82. The van der Waals surface area contributed by atoms with Gasteiger partial charge in [0.15, 0.2) is 0 Å². The van der Waals surface area contributed by atoms with E-state index in [0.29, 0.717) is 6.04 Å². The highest BCUT2D eigenvalue weighted by Gasteiger charge is 2.19. The summed E-state index contributed by atoms with van der Waals surface area (Å²) in [5.41, 5.74) is 1.65. The van der Waals surface area contributed by atoms with Crippen LogP contribution in [0.3, 0.4) is 0 Å².